The van der Waals surface area contributed by atoms with Crippen LogP contribution in [0.3, 0.4) is 0 Å². The lowest BCUT2D eigenvalue weighted by Crippen LogP contribution is -2.42. The fourth-order valence-electron chi connectivity index (χ4n) is 1.53. The Kier molecular flexibility index (Phi) is 5.81. The highest BCUT2D eigenvalue weighted by Gasteiger charge is 2.14. The number of likely N-dealkylation sites (N-methyl/N-ethyl adjacent to an activating group) is 1. The average Bonchev–Trinajstić information content (AvgIpc) is 2.35. The number of rotatable bonds is 4. The average molecular weight is 257 g/mol. The summed E-state index contributed by atoms with van der Waals surface area (Å²) < 4.78 is 0. The number of nitrogens with zero attached hydrogens (tertiary/aromatic N) is 3. The summed E-state index contributed by atoms with van der Waals surface area (Å²) in [4.78, 5) is 15.8. The summed E-state index contributed by atoms with van der Waals surface area (Å²) in [6.45, 7) is 3.94. The molecule has 0 aliphatic carbocycles. The van der Waals surface area contributed by atoms with Gasteiger partial charge in [-0.05, 0) is 7.05 Å². The molecule has 0 spiro atoms. The van der Waals surface area contributed by atoms with Crippen molar-refractivity contribution in [3.8, 4) is 6.07 Å². The fourth-order valence-corrected chi connectivity index (χ4v) is 1.62. The van der Waals surface area contributed by atoms with E-state index in [9.17, 15) is 4.79 Å². The van der Waals surface area contributed by atoms with Crippen LogP contribution in [0.15, 0.2) is 11.8 Å². The Labute approximate surface area is 107 Å². The SMILES string of the molecule is CN1CCN(/C=C(/C#N)C(=O)NCCCl)CC1. The first-order valence-electron chi connectivity index (χ1n) is 5.56. The van der Waals surface area contributed by atoms with Gasteiger partial charge in [0.25, 0.3) is 5.91 Å². The third-order valence-electron chi connectivity index (χ3n) is 2.59. The first kappa shape index (κ1) is 13.8. The Balaban J connectivity index is 2.54. The van der Waals surface area contributed by atoms with Gasteiger partial charge in [0.1, 0.15) is 11.6 Å². The summed E-state index contributed by atoms with van der Waals surface area (Å²) in [5, 5.41) is 11.5. The van der Waals surface area contributed by atoms with Crippen LogP contribution in [0.4, 0.5) is 0 Å². The van der Waals surface area contributed by atoms with Gasteiger partial charge in [-0.3, -0.25) is 4.79 Å². The first-order valence-corrected chi connectivity index (χ1v) is 6.09. The third kappa shape index (κ3) is 4.63. The molecule has 1 fully saturated rings. The quantitative estimate of drug-likeness (QED) is 0.437. The zero-order valence-corrected chi connectivity index (χ0v) is 10.7. The summed E-state index contributed by atoms with van der Waals surface area (Å²) >= 11 is 5.47. The van der Waals surface area contributed by atoms with Crippen molar-refractivity contribution in [1.29, 1.82) is 5.26 Å². The van der Waals surface area contributed by atoms with Crippen LogP contribution >= 0.6 is 11.6 Å². The molecule has 0 atom stereocenters. The molecule has 1 rings (SSSR count). The number of piperazine rings is 1. The summed E-state index contributed by atoms with van der Waals surface area (Å²) in [7, 11) is 2.05. The molecule has 0 saturated carbocycles. The largest absolute Gasteiger partial charge is 0.374 e. The van der Waals surface area contributed by atoms with Crippen LogP contribution in [-0.4, -0.2) is 61.4 Å². The van der Waals surface area contributed by atoms with Crippen molar-refractivity contribution in [3.05, 3.63) is 11.8 Å². The Morgan fingerprint density at radius 3 is 2.65 bits per heavy atom. The van der Waals surface area contributed by atoms with Gasteiger partial charge in [-0.15, -0.1) is 11.6 Å². The van der Waals surface area contributed by atoms with Gasteiger partial charge in [0.2, 0.25) is 0 Å². The minimum atomic E-state index is -0.355. The summed E-state index contributed by atoms with van der Waals surface area (Å²) in [6, 6.07) is 1.92. The van der Waals surface area contributed by atoms with Crippen molar-refractivity contribution in [3.63, 3.8) is 0 Å². The van der Waals surface area contributed by atoms with E-state index in [0.717, 1.165) is 26.2 Å². The Morgan fingerprint density at radius 1 is 1.47 bits per heavy atom. The standard InChI is InChI=1S/C11H17ClN4O/c1-15-4-6-16(7-5-15)9-10(8-13)11(17)14-3-2-12/h9H,2-7H2,1H3,(H,14,17)/b10-9-. The van der Waals surface area contributed by atoms with Gasteiger partial charge in [-0.2, -0.15) is 5.26 Å². The van der Waals surface area contributed by atoms with Crippen LogP contribution in [-0.2, 0) is 4.79 Å². The summed E-state index contributed by atoms with van der Waals surface area (Å²) in [5.41, 5.74) is 0.139. The van der Waals surface area contributed by atoms with Gasteiger partial charge in [-0.1, -0.05) is 0 Å². The molecular weight excluding hydrogens is 240 g/mol. The molecule has 1 amide bonds. The number of hydrogen-bond donors (Lipinski definition) is 1. The molecule has 1 saturated heterocycles. The van der Waals surface area contributed by atoms with E-state index in [-0.39, 0.29) is 11.5 Å². The normalized spacial score (nSPS) is 17.7. The number of nitrogens with one attached hydrogen (secondary N) is 1. The molecule has 1 N–H and O–H groups in total. The minimum Gasteiger partial charge on any atom is -0.374 e. The molecule has 94 valence electrons. The van der Waals surface area contributed by atoms with Gasteiger partial charge in [0.15, 0.2) is 0 Å². The van der Waals surface area contributed by atoms with E-state index in [2.05, 4.69) is 17.3 Å². The van der Waals surface area contributed by atoms with E-state index in [1.807, 2.05) is 11.0 Å². The number of amides is 1. The molecule has 6 heteroatoms. The van der Waals surface area contributed by atoms with Crippen LogP contribution in [0, 0.1) is 11.3 Å². The Hall–Kier alpha value is -1.25. The van der Waals surface area contributed by atoms with Crippen LogP contribution in [0.25, 0.3) is 0 Å². The first-order chi connectivity index (χ1) is 8.17. The second-order valence-electron chi connectivity index (χ2n) is 3.94. The van der Waals surface area contributed by atoms with Gasteiger partial charge in [0, 0.05) is 44.8 Å². The topological polar surface area (TPSA) is 59.4 Å². The molecular formula is C11H17ClN4O. The Morgan fingerprint density at radius 2 is 2.12 bits per heavy atom. The zero-order chi connectivity index (χ0) is 12.7. The lowest BCUT2D eigenvalue weighted by atomic mass is 10.2. The molecule has 0 bridgehead atoms. The van der Waals surface area contributed by atoms with Crippen molar-refractivity contribution in [2.45, 2.75) is 0 Å². The van der Waals surface area contributed by atoms with E-state index in [1.165, 1.54) is 0 Å². The molecule has 0 unspecified atom stereocenters. The van der Waals surface area contributed by atoms with E-state index >= 15 is 0 Å². The van der Waals surface area contributed by atoms with E-state index in [0.29, 0.717) is 12.4 Å². The molecule has 5 nitrogen and oxygen atoms in total. The molecule has 1 heterocycles. The van der Waals surface area contributed by atoms with E-state index in [4.69, 9.17) is 16.9 Å². The van der Waals surface area contributed by atoms with Crippen molar-refractivity contribution in [2.24, 2.45) is 0 Å². The number of carbonyl (C=O) groups is 1. The molecule has 1 aliphatic rings. The monoisotopic (exact) mass is 256 g/mol. The summed E-state index contributed by atoms with van der Waals surface area (Å²) in [6.07, 6.45) is 1.64. The number of halogens is 1. The van der Waals surface area contributed by atoms with Crippen molar-refractivity contribution in [2.75, 3.05) is 45.7 Å². The molecule has 0 radical (unpaired) electrons. The Bertz CT molecular complexity index is 329. The maximum Gasteiger partial charge on any atom is 0.263 e. The van der Waals surface area contributed by atoms with Crippen molar-refractivity contribution in [1.82, 2.24) is 15.1 Å². The highest BCUT2D eigenvalue weighted by Crippen LogP contribution is 2.03. The van der Waals surface area contributed by atoms with Crippen LogP contribution in [0.2, 0.25) is 0 Å². The number of alkyl halides is 1. The van der Waals surface area contributed by atoms with E-state index in [1.54, 1.807) is 6.20 Å². The number of hydrogen-bond acceptors (Lipinski definition) is 4. The lowest BCUT2D eigenvalue weighted by molar-refractivity contribution is -0.117. The van der Waals surface area contributed by atoms with Crippen molar-refractivity contribution >= 4 is 17.5 Å². The smallest absolute Gasteiger partial charge is 0.263 e. The van der Waals surface area contributed by atoms with Crippen LogP contribution in [0.1, 0.15) is 0 Å². The van der Waals surface area contributed by atoms with Crippen LogP contribution < -0.4 is 5.32 Å². The van der Waals surface area contributed by atoms with Gasteiger partial charge < -0.3 is 15.1 Å². The fraction of sp³-hybridized carbons (Fsp3) is 0.636. The van der Waals surface area contributed by atoms with Crippen LogP contribution in [0.5, 0.6) is 0 Å². The van der Waals surface area contributed by atoms with E-state index < -0.39 is 0 Å². The number of nitriles is 1. The van der Waals surface area contributed by atoms with Gasteiger partial charge in [-0.25, -0.2) is 0 Å². The van der Waals surface area contributed by atoms with Crippen molar-refractivity contribution < 1.29 is 4.79 Å². The molecule has 1 aliphatic heterocycles. The van der Waals surface area contributed by atoms with Gasteiger partial charge >= 0.3 is 0 Å². The molecule has 0 aromatic heterocycles. The molecule has 17 heavy (non-hydrogen) atoms. The minimum absolute atomic E-state index is 0.139. The maximum absolute atomic E-state index is 11.6. The second-order valence-corrected chi connectivity index (χ2v) is 4.32. The lowest BCUT2D eigenvalue weighted by Gasteiger charge is -2.31. The molecule has 0 aromatic rings. The third-order valence-corrected chi connectivity index (χ3v) is 2.78. The highest BCUT2D eigenvalue weighted by molar-refractivity contribution is 6.18. The summed E-state index contributed by atoms with van der Waals surface area (Å²) in [5.74, 6) is -0.00837. The number of carbonyl (C=O) groups excluding carboxylic acids is 1. The predicted octanol–water partition coefficient (Wildman–Crippen LogP) is -0.00372. The zero-order valence-electron chi connectivity index (χ0n) is 9.95. The molecule has 0 aromatic carbocycles. The predicted molar refractivity (Wildman–Crippen MR) is 66.5 cm³/mol. The maximum atomic E-state index is 11.6. The highest BCUT2D eigenvalue weighted by atomic mass is 35.5. The second kappa shape index (κ2) is 7.15. The van der Waals surface area contributed by atoms with Gasteiger partial charge in [0.05, 0.1) is 0 Å².